The van der Waals surface area contributed by atoms with Gasteiger partial charge in [0.05, 0.1) is 6.42 Å². The summed E-state index contributed by atoms with van der Waals surface area (Å²) in [6.07, 6.45) is -0.291. The molecule has 0 spiro atoms. The maximum atomic E-state index is 12.1. The molecule has 2 amide bonds. The van der Waals surface area contributed by atoms with Gasteiger partial charge in [-0.25, -0.2) is 0 Å². The van der Waals surface area contributed by atoms with Gasteiger partial charge >= 0.3 is 0 Å². The number of amides is 2. The monoisotopic (exact) mass is 312 g/mol. The van der Waals surface area contributed by atoms with E-state index in [4.69, 9.17) is 4.74 Å². The molecule has 0 aromatic heterocycles. The maximum absolute atomic E-state index is 12.1. The third kappa shape index (κ3) is 5.14. The number of carbonyl (C=O) groups excluding carboxylic acids is 2. The summed E-state index contributed by atoms with van der Waals surface area (Å²) in [6, 6.07) is 16.4. The molecule has 2 aromatic carbocycles. The van der Waals surface area contributed by atoms with E-state index >= 15 is 0 Å². The van der Waals surface area contributed by atoms with Crippen molar-refractivity contribution in [2.45, 2.75) is 19.4 Å². The number of hydrogen-bond donors (Lipinski definition) is 2. The van der Waals surface area contributed by atoms with E-state index in [-0.39, 0.29) is 11.8 Å². The van der Waals surface area contributed by atoms with Crippen molar-refractivity contribution in [3.05, 3.63) is 60.2 Å². The molecule has 0 saturated heterocycles. The van der Waals surface area contributed by atoms with E-state index in [0.29, 0.717) is 17.9 Å². The zero-order valence-corrected chi connectivity index (χ0v) is 13.2. The van der Waals surface area contributed by atoms with Crippen LogP contribution in [0.1, 0.15) is 12.5 Å². The molecule has 120 valence electrons. The summed E-state index contributed by atoms with van der Waals surface area (Å²) < 4.78 is 5.57. The number of ether oxygens (including phenoxy) is 1. The molecule has 5 nitrogen and oxygen atoms in total. The van der Waals surface area contributed by atoms with Crippen LogP contribution in [0.3, 0.4) is 0 Å². The third-order valence-corrected chi connectivity index (χ3v) is 3.29. The van der Waals surface area contributed by atoms with Crippen LogP contribution in [0.15, 0.2) is 54.6 Å². The average Bonchev–Trinajstić information content (AvgIpc) is 2.57. The highest BCUT2D eigenvalue weighted by molar-refractivity contribution is 5.94. The molecule has 2 rings (SSSR count). The van der Waals surface area contributed by atoms with E-state index in [9.17, 15) is 9.59 Å². The first-order valence-electron chi connectivity index (χ1n) is 7.40. The van der Waals surface area contributed by atoms with E-state index in [0.717, 1.165) is 5.56 Å². The summed E-state index contributed by atoms with van der Waals surface area (Å²) in [7, 11) is 1.60. The summed E-state index contributed by atoms with van der Waals surface area (Å²) in [4.78, 5) is 23.4. The van der Waals surface area contributed by atoms with Crippen LogP contribution < -0.4 is 15.4 Å². The number of likely N-dealkylation sites (N-methyl/N-ethyl adjacent to an activating group) is 1. The minimum absolute atomic E-state index is 0.0494. The Labute approximate surface area is 135 Å². The van der Waals surface area contributed by atoms with Gasteiger partial charge in [-0.15, -0.1) is 0 Å². The second-order valence-corrected chi connectivity index (χ2v) is 5.11. The Morgan fingerprint density at radius 2 is 1.70 bits per heavy atom. The van der Waals surface area contributed by atoms with Crippen LogP contribution in [-0.2, 0) is 16.0 Å². The molecule has 0 fully saturated rings. The molecule has 2 N–H and O–H groups in total. The first kappa shape index (κ1) is 16.5. The van der Waals surface area contributed by atoms with Gasteiger partial charge in [-0.05, 0) is 36.8 Å². The van der Waals surface area contributed by atoms with E-state index in [1.807, 2.05) is 30.3 Å². The lowest BCUT2D eigenvalue weighted by Gasteiger charge is -2.14. The van der Waals surface area contributed by atoms with Crippen molar-refractivity contribution in [3.63, 3.8) is 0 Å². The van der Waals surface area contributed by atoms with Crippen LogP contribution in [-0.4, -0.2) is 25.0 Å². The SMILES string of the molecule is CNC(=O)Cc1ccc(NC(=O)C(C)Oc2ccccc2)cc1. The highest BCUT2D eigenvalue weighted by Gasteiger charge is 2.14. The molecule has 1 unspecified atom stereocenters. The lowest BCUT2D eigenvalue weighted by Crippen LogP contribution is -2.30. The van der Waals surface area contributed by atoms with Crippen LogP contribution in [0.2, 0.25) is 0 Å². The lowest BCUT2D eigenvalue weighted by atomic mass is 10.1. The molecule has 2 aromatic rings. The fourth-order valence-electron chi connectivity index (χ4n) is 1.98. The van der Waals surface area contributed by atoms with Crippen LogP contribution in [0.5, 0.6) is 5.75 Å². The largest absolute Gasteiger partial charge is 0.481 e. The van der Waals surface area contributed by atoms with E-state index in [1.165, 1.54) is 0 Å². The van der Waals surface area contributed by atoms with Gasteiger partial charge in [0, 0.05) is 12.7 Å². The third-order valence-electron chi connectivity index (χ3n) is 3.29. The van der Waals surface area contributed by atoms with Gasteiger partial charge in [0.2, 0.25) is 5.91 Å². The minimum atomic E-state index is -0.608. The van der Waals surface area contributed by atoms with E-state index < -0.39 is 6.10 Å². The Morgan fingerprint density at radius 1 is 1.04 bits per heavy atom. The van der Waals surface area contributed by atoms with Crippen LogP contribution in [0.4, 0.5) is 5.69 Å². The zero-order valence-electron chi connectivity index (χ0n) is 13.2. The van der Waals surface area contributed by atoms with Gasteiger partial charge in [-0.3, -0.25) is 9.59 Å². The van der Waals surface area contributed by atoms with Gasteiger partial charge < -0.3 is 15.4 Å². The van der Waals surface area contributed by atoms with Gasteiger partial charge in [-0.1, -0.05) is 30.3 Å². The normalized spacial score (nSPS) is 11.4. The fourth-order valence-corrected chi connectivity index (χ4v) is 1.98. The van der Waals surface area contributed by atoms with Crippen LogP contribution in [0, 0.1) is 0 Å². The number of carbonyl (C=O) groups is 2. The Bertz CT molecular complexity index is 654. The number of hydrogen-bond acceptors (Lipinski definition) is 3. The highest BCUT2D eigenvalue weighted by Crippen LogP contribution is 2.14. The second kappa shape index (κ2) is 7.98. The summed E-state index contributed by atoms with van der Waals surface area (Å²) in [5.74, 6) is 0.371. The van der Waals surface area contributed by atoms with Crippen molar-refractivity contribution in [1.29, 1.82) is 0 Å². The van der Waals surface area contributed by atoms with Crippen LogP contribution in [0.25, 0.3) is 0 Å². The molecule has 23 heavy (non-hydrogen) atoms. The second-order valence-electron chi connectivity index (χ2n) is 5.11. The molecule has 0 aliphatic carbocycles. The molecule has 0 aliphatic rings. The summed E-state index contributed by atoms with van der Waals surface area (Å²) in [6.45, 7) is 1.70. The lowest BCUT2D eigenvalue weighted by molar-refractivity contribution is -0.122. The number of nitrogens with one attached hydrogen (secondary N) is 2. The molecule has 1 atom stereocenters. The van der Waals surface area contributed by atoms with Crippen molar-refractivity contribution >= 4 is 17.5 Å². The summed E-state index contributed by atoms with van der Waals surface area (Å²) in [5.41, 5.74) is 1.55. The fraction of sp³-hybridized carbons (Fsp3) is 0.222. The molecular formula is C18H20N2O3. The summed E-state index contributed by atoms with van der Waals surface area (Å²) >= 11 is 0. The van der Waals surface area contributed by atoms with Crippen LogP contribution >= 0.6 is 0 Å². The predicted molar refractivity (Wildman–Crippen MR) is 89.4 cm³/mol. The van der Waals surface area contributed by atoms with Gasteiger partial charge in [0.1, 0.15) is 5.75 Å². The van der Waals surface area contributed by atoms with Gasteiger partial charge in [0.25, 0.3) is 5.91 Å². The molecule has 0 heterocycles. The Balaban J connectivity index is 1.90. The standard InChI is InChI=1S/C18H20N2O3/c1-13(23-16-6-4-3-5-7-16)18(22)20-15-10-8-14(9-11-15)12-17(21)19-2/h3-11,13H,12H2,1-2H3,(H,19,21)(H,20,22). The van der Waals surface area contributed by atoms with Gasteiger partial charge in [-0.2, -0.15) is 0 Å². The minimum Gasteiger partial charge on any atom is -0.481 e. The number of para-hydroxylation sites is 1. The molecular weight excluding hydrogens is 292 g/mol. The summed E-state index contributed by atoms with van der Waals surface area (Å²) in [5, 5.41) is 5.37. The molecule has 0 aliphatic heterocycles. The number of rotatable bonds is 6. The smallest absolute Gasteiger partial charge is 0.265 e. The first-order chi connectivity index (χ1) is 11.1. The Kier molecular flexibility index (Phi) is 5.74. The van der Waals surface area contributed by atoms with Crippen molar-refractivity contribution in [2.75, 3.05) is 12.4 Å². The topological polar surface area (TPSA) is 67.4 Å². The van der Waals surface area contributed by atoms with Gasteiger partial charge in [0.15, 0.2) is 6.10 Å². The van der Waals surface area contributed by atoms with Crippen molar-refractivity contribution < 1.29 is 14.3 Å². The average molecular weight is 312 g/mol. The van der Waals surface area contributed by atoms with Crippen molar-refractivity contribution in [1.82, 2.24) is 5.32 Å². The quantitative estimate of drug-likeness (QED) is 0.860. The molecule has 0 bridgehead atoms. The first-order valence-corrected chi connectivity index (χ1v) is 7.40. The zero-order chi connectivity index (χ0) is 16.7. The molecule has 0 saturated carbocycles. The Hall–Kier alpha value is -2.82. The van der Waals surface area contributed by atoms with E-state index in [2.05, 4.69) is 10.6 Å². The number of benzene rings is 2. The molecule has 5 heteroatoms. The predicted octanol–water partition coefficient (Wildman–Crippen LogP) is 2.38. The number of anilines is 1. The van der Waals surface area contributed by atoms with Crippen molar-refractivity contribution in [3.8, 4) is 5.75 Å². The van der Waals surface area contributed by atoms with E-state index in [1.54, 1.807) is 38.2 Å². The van der Waals surface area contributed by atoms with Crippen molar-refractivity contribution in [2.24, 2.45) is 0 Å². The highest BCUT2D eigenvalue weighted by atomic mass is 16.5. The Morgan fingerprint density at radius 3 is 2.30 bits per heavy atom. The maximum Gasteiger partial charge on any atom is 0.265 e. The molecule has 0 radical (unpaired) electrons.